The zero-order chi connectivity index (χ0) is 17.9. The smallest absolute Gasteiger partial charge is 0.275 e. The van der Waals surface area contributed by atoms with Gasteiger partial charge in [0.15, 0.2) is 11.5 Å². The average Bonchev–Trinajstić information content (AvgIpc) is 3.00. The number of aryl methyl sites for hydroxylation is 1. The van der Waals surface area contributed by atoms with Crippen LogP contribution in [-0.4, -0.2) is 25.0 Å². The molecule has 1 amide bonds. The second-order valence-corrected chi connectivity index (χ2v) is 6.04. The van der Waals surface area contributed by atoms with Gasteiger partial charge < -0.3 is 14.8 Å². The summed E-state index contributed by atoms with van der Waals surface area (Å²) in [4.78, 5) is 16.5. The molecule has 0 aromatic heterocycles. The van der Waals surface area contributed by atoms with Gasteiger partial charge in [0.25, 0.3) is 5.91 Å². The predicted molar refractivity (Wildman–Crippen MR) is 95.7 cm³/mol. The van der Waals surface area contributed by atoms with Gasteiger partial charge in [-0.2, -0.15) is 0 Å². The standard InChI is InChI=1S/C20H17FN2O3/c21-15-4-2-1-3-14(15)6-8-19-22-16(20(24)23-19)11-13-5-7-17-18(12-13)26-10-9-25-17/h1-5,7,11-12H,6,8-10H2,(H,22,23,24)/b16-11+. The lowest BCUT2D eigenvalue weighted by Crippen LogP contribution is -2.24. The Morgan fingerprint density at radius 2 is 1.88 bits per heavy atom. The molecule has 4 rings (SSSR count). The average molecular weight is 352 g/mol. The third kappa shape index (κ3) is 3.44. The number of nitrogens with one attached hydrogen (secondary N) is 1. The number of carbonyl (C=O) groups is 1. The van der Waals surface area contributed by atoms with E-state index in [4.69, 9.17) is 9.47 Å². The summed E-state index contributed by atoms with van der Waals surface area (Å²) in [6.07, 6.45) is 2.64. The van der Waals surface area contributed by atoms with Crippen LogP contribution in [0.3, 0.4) is 0 Å². The zero-order valence-corrected chi connectivity index (χ0v) is 14.0. The van der Waals surface area contributed by atoms with Gasteiger partial charge in [-0.05, 0) is 41.8 Å². The zero-order valence-electron chi connectivity index (χ0n) is 14.0. The highest BCUT2D eigenvalue weighted by molar-refractivity contribution is 6.14. The summed E-state index contributed by atoms with van der Waals surface area (Å²) >= 11 is 0. The maximum atomic E-state index is 13.7. The van der Waals surface area contributed by atoms with Crippen molar-refractivity contribution < 1.29 is 18.7 Å². The molecular weight excluding hydrogens is 335 g/mol. The van der Waals surface area contributed by atoms with E-state index >= 15 is 0 Å². The number of ether oxygens (including phenoxy) is 2. The molecule has 5 nitrogen and oxygen atoms in total. The Kier molecular flexibility index (Phi) is 4.39. The number of rotatable bonds is 4. The van der Waals surface area contributed by atoms with Crippen LogP contribution in [0.25, 0.3) is 6.08 Å². The minimum Gasteiger partial charge on any atom is -0.486 e. The molecule has 2 aromatic rings. The molecule has 132 valence electrons. The quantitative estimate of drug-likeness (QED) is 0.860. The summed E-state index contributed by atoms with van der Waals surface area (Å²) in [5.41, 5.74) is 1.73. The number of aliphatic imine (C=N–C) groups is 1. The molecular formula is C20H17FN2O3. The van der Waals surface area contributed by atoms with Gasteiger partial charge in [-0.3, -0.25) is 4.79 Å². The fraction of sp³-hybridized carbons (Fsp3) is 0.200. The number of amides is 1. The first-order valence-corrected chi connectivity index (χ1v) is 8.43. The van der Waals surface area contributed by atoms with E-state index < -0.39 is 0 Å². The lowest BCUT2D eigenvalue weighted by atomic mass is 10.1. The van der Waals surface area contributed by atoms with Crippen LogP contribution in [-0.2, 0) is 11.2 Å². The molecule has 2 aromatic carbocycles. The molecule has 0 bridgehead atoms. The van der Waals surface area contributed by atoms with Gasteiger partial charge >= 0.3 is 0 Å². The Hall–Kier alpha value is -3.15. The number of amidine groups is 1. The SMILES string of the molecule is O=C1NC(CCc2ccccc2F)=N/C1=C/c1ccc2c(c1)OCCO2. The third-order valence-electron chi connectivity index (χ3n) is 4.20. The van der Waals surface area contributed by atoms with Gasteiger partial charge in [0.1, 0.15) is 30.6 Å². The van der Waals surface area contributed by atoms with Crippen molar-refractivity contribution in [2.24, 2.45) is 4.99 Å². The van der Waals surface area contributed by atoms with Gasteiger partial charge in [-0.25, -0.2) is 9.38 Å². The summed E-state index contributed by atoms with van der Waals surface area (Å²) in [6.45, 7) is 1.04. The minimum absolute atomic E-state index is 0.246. The largest absolute Gasteiger partial charge is 0.486 e. The van der Waals surface area contributed by atoms with Crippen LogP contribution < -0.4 is 14.8 Å². The van der Waals surface area contributed by atoms with Crippen molar-refractivity contribution in [2.75, 3.05) is 13.2 Å². The highest BCUT2D eigenvalue weighted by Gasteiger charge is 2.20. The van der Waals surface area contributed by atoms with E-state index in [1.165, 1.54) is 6.07 Å². The summed E-state index contributed by atoms with van der Waals surface area (Å²) in [6, 6.07) is 12.1. The fourth-order valence-corrected chi connectivity index (χ4v) is 2.90. The van der Waals surface area contributed by atoms with E-state index in [2.05, 4.69) is 10.3 Å². The van der Waals surface area contributed by atoms with Crippen molar-refractivity contribution in [3.8, 4) is 11.5 Å². The maximum Gasteiger partial charge on any atom is 0.275 e. The van der Waals surface area contributed by atoms with Crippen LogP contribution in [0.15, 0.2) is 53.2 Å². The van der Waals surface area contributed by atoms with Crippen LogP contribution in [0.2, 0.25) is 0 Å². The Morgan fingerprint density at radius 1 is 1.08 bits per heavy atom. The molecule has 0 saturated carbocycles. The van der Waals surface area contributed by atoms with Crippen LogP contribution in [0.4, 0.5) is 4.39 Å². The Bertz CT molecular complexity index is 921. The molecule has 0 atom stereocenters. The molecule has 6 heteroatoms. The number of carbonyl (C=O) groups excluding carboxylic acids is 1. The van der Waals surface area contributed by atoms with Gasteiger partial charge in [0.05, 0.1) is 0 Å². The second kappa shape index (κ2) is 7.00. The Morgan fingerprint density at radius 3 is 2.73 bits per heavy atom. The molecule has 2 heterocycles. The maximum absolute atomic E-state index is 13.7. The van der Waals surface area contributed by atoms with Gasteiger partial charge in [-0.15, -0.1) is 0 Å². The molecule has 1 N–H and O–H groups in total. The monoisotopic (exact) mass is 352 g/mol. The van der Waals surface area contributed by atoms with Gasteiger partial charge in [0, 0.05) is 6.42 Å². The van der Waals surface area contributed by atoms with Crippen LogP contribution in [0.5, 0.6) is 11.5 Å². The van der Waals surface area contributed by atoms with Crippen LogP contribution in [0, 0.1) is 5.82 Å². The number of hydrogen-bond donors (Lipinski definition) is 1. The van der Waals surface area contributed by atoms with E-state index in [0.717, 1.165) is 5.56 Å². The van der Waals surface area contributed by atoms with Crippen molar-refractivity contribution in [3.63, 3.8) is 0 Å². The normalized spacial score (nSPS) is 17.2. The molecule has 2 aliphatic heterocycles. The predicted octanol–water partition coefficient (Wildman–Crippen LogP) is 3.10. The number of benzene rings is 2. The van der Waals surface area contributed by atoms with Crippen molar-refractivity contribution in [1.82, 2.24) is 5.32 Å². The highest BCUT2D eigenvalue weighted by Crippen LogP contribution is 2.31. The summed E-state index contributed by atoms with van der Waals surface area (Å²) in [5, 5.41) is 2.74. The third-order valence-corrected chi connectivity index (χ3v) is 4.20. The van der Waals surface area contributed by atoms with Crippen molar-refractivity contribution >= 4 is 17.8 Å². The summed E-state index contributed by atoms with van der Waals surface area (Å²) < 4.78 is 24.7. The van der Waals surface area contributed by atoms with E-state index in [-0.39, 0.29) is 11.7 Å². The molecule has 0 unspecified atom stereocenters. The molecule has 0 radical (unpaired) electrons. The number of halogens is 1. The van der Waals surface area contributed by atoms with E-state index in [9.17, 15) is 9.18 Å². The number of nitrogens with zero attached hydrogens (tertiary/aromatic N) is 1. The fourth-order valence-electron chi connectivity index (χ4n) is 2.90. The Balaban J connectivity index is 1.49. The first kappa shape index (κ1) is 16.3. The number of fused-ring (bicyclic) bond motifs is 1. The lowest BCUT2D eigenvalue weighted by molar-refractivity contribution is -0.115. The second-order valence-electron chi connectivity index (χ2n) is 6.04. The van der Waals surface area contributed by atoms with E-state index in [0.29, 0.717) is 54.7 Å². The molecule has 0 spiro atoms. The molecule has 26 heavy (non-hydrogen) atoms. The lowest BCUT2D eigenvalue weighted by Gasteiger charge is -2.18. The van der Waals surface area contributed by atoms with Crippen molar-refractivity contribution in [1.29, 1.82) is 0 Å². The molecule has 0 saturated heterocycles. The first-order valence-electron chi connectivity index (χ1n) is 8.43. The summed E-state index contributed by atoms with van der Waals surface area (Å²) in [5.74, 6) is 1.39. The first-order chi connectivity index (χ1) is 12.7. The van der Waals surface area contributed by atoms with E-state index in [1.807, 2.05) is 18.2 Å². The van der Waals surface area contributed by atoms with E-state index in [1.54, 1.807) is 24.3 Å². The van der Waals surface area contributed by atoms with Crippen LogP contribution >= 0.6 is 0 Å². The Labute approximate surface area is 150 Å². The van der Waals surface area contributed by atoms with Crippen LogP contribution in [0.1, 0.15) is 17.5 Å². The van der Waals surface area contributed by atoms with Gasteiger partial charge in [-0.1, -0.05) is 24.3 Å². The molecule has 0 fully saturated rings. The van der Waals surface area contributed by atoms with Gasteiger partial charge in [0.2, 0.25) is 0 Å². The molecule has 0 aliphatic carbocycles. The van der Waals surface area contributed by atoms with Crippen molar-refractivity contribution in [3.05, 3.63) is 65.1 Å². The minimum atomic E-state index is -0.261. The summed E-state index contributed by atoms with van der Waals surface area (Å²) in [7, 11) is 0. The van der Waals surface area contributed by atoms with Crippen molar-refractivity contribution in [2.45, 2.75) is 12.8 Å². The number of hydrogen-bond acceptors (Lipinski definition) is 4. The molecule has 2 aliphatic rings. The highest BCUT2D eigenvalue weighted by atomic mass is 19.1. The topological polar surface area (TPSA) is 59.9 Å².